The minimum absolute atomic E-state index is 0.0556. The third-order valence-electron chi connectivity index (χ3n) is 2.59. The number of halogens is 3. The molecule has 2 N–H and O–H groups in total. The van der Waals surface area contributed by atoms with Crippen LogP contribution in [0.1, 0.15) is 26.3 Å². The van der Waals surface area contributed by atoms with E-state index >= 15 is 0 Å². The van der Waals surface area contributed by atoms with Gasteiger partial charge in [-0.1, -0.05) is 0 Å². The van der Waals surface area contributed by atoms with Crippen molar-refractivity contribution in [3.63, 3.8) is 0 Å². The van der Waals surface area contributed by atoms with E-state index in [1.165, 1.54) is 12.1 Å². The predicted molar refractivity (Wildman–Crippen MR) is 83.0 cm³/mol. The Bertz CT molecular complexity index is 582. The van der Waals surface area contributed by atoms with Crippen LogP contribution in [0.3, 0.4) is 0 Å². The molecular weight excluding hydrogens is 347 g/mol. The van der Waals surface area contributed by atoms with Crippen LogP contribution in [0.25, 0.3) is 0 Å². The Labute approximate surface area is 141 Å². The van der Waals surface area contributed by atoms with Crippen molar-refractivity contribution in [2.45, 2.75) is 43.5 Å². The van der Waals surface area contributed by atoms with Gasteiger partial charge in [0.2, 0.25) is 0 Å². The monoisotopic (exact) mass is 365 g/mol. The van der Waals surface area contributed by atoms with Crippen molar-refractivity contribution in [3.8, 4) is 0 Å². The van der Waals surface area contributed by atoms with E-state index < -0.39 is 35.4 Å². The molecule has 134 valence electrons. The fraction of sp³-hybridized carbons (Fsp3) is 0.467. The van der Waals surface area contributed by atoms with Crippen LogP contribution in [0, 0.1) is 0 Å². The molecule has 0 fully saturated rings. The topological polar surface area (TPSA) is 75.6 Å². The molecule has 0 heterocycles. The van der Waals surface area contributed by atoms with Crippen LogP contribution < -0.4 is 5.32 Å². The van der Waals surface area contributed by atoms with Gasteiger partial charge in [0.05, 0.1) is 5.56 Å². The number of ether oxygens (including phenoxy) is 1. The Morgan fingerprint density at radius 2 is 1.75 bits per heavy atom. The highest BCUT2D eigenvalue weighted by molar-refractivity contribution is 7.99. The van der Waals surface area contributed by atoms with E-state index in [1.807, 2.05) is 0 Å². The minimum atomic E-state index is -4.43. The summed E-state index contributed by atoms with van der Waals surface area (Å²) in [5, 5.41) is 11.3. The van der Waals surface area contributed by atoms with Gasteiger partial charge in [0.25, 0.3) is 0 Å². The van der Waals surface area contributed by atoms with E-state index in [0.717, 1.165) is 23.9 Å². The highest BCUT2D eigenvalue weighted by atomic mass is 32.2. The molecule has 1 amide bonds. The maximum Gasteiger partial charge on any atom is 0.416 e. The lowest BCUT2D eigenvalue weighted by molar-refractivity contribution is -0.139. The normalized spacial score (nSPS) is 13.2. The fourth-order valence-corrected chi connectivity index (χ4v) is 2.46. The molecular formula is C15H18F3NO4S. The number of alkyl halides is 3. The molecule has 0 aliphatic carbocycles. The third-order valence-corrected chi connectivity index (χ3v) is 3.69. The number of carbonyl (C=O) groups is 2. The molecule has 1 aromatic rings. The molecule has 0 aliphatic rings. The molecule has 0 saturated heterocycles. The maximum atomic E-state index is 12.5. The first-order valence-electron chi connectivity index (χ1n) is 6.91. The van der Waals surface area contributed by atoms with Crippen LogP contribution in [0.15, 0.2) is 29.2 Å². The number of benzene rings is 1. The standard InChI is InChI=1S/C15H18F3NO4S/c1-14(2,3)23-13(22)19-11(12(20)21)8-24-10-6-4-9(5-7-10)15(16,17)18/h4-7,11H,8H2,1-3H3,(H,19,22)(H,20,21). The van der Waals surface area contributed by atoms with Gasteiger partial charge in [-0.3, -0.25) is 0 Å². The Balaban J connectivity index is 2.64. The van der Waals surface area contributed by atoms with Gasteiger partial charge < -0.3 is 15.2 Å². The quantitative estimate of drug-likeness (QED) is 0.777. The molecule has 1 atom stereocenters. The molecule has 0 saturated carbocycles. The second-order valence-electron chi connectivity index (χ2n) is 5.87. The van der Waals surface area contributed by atoms with Gasteiger partial charge in [-0.2, -0.15) is 13.2 Å². The van der Waals surface area contributed by atoms with Gasteiger partial charge in [0.1, 0.15) is 11.6 Å². The van der Waals surface area contributed by atoms with E-state index in [4.69, 9.17) is 9.84 Å². The van der Waals surface area contributed by atoms with Gasteiger partial charge in [0.15, 0.2) is 0 Å². The summed E-state index contributed by atoms with van der Waals surface area (Å²) in [5.74, 6) is -1.32. The Kier molecular flexibility index (Phi) is 6.53. The lowest BCUT2D eigenvalue weighted by Gasteiger charge is -2.21. The zero-order valence-corrected chi connectivity index (χ0v) is 14.1. The minimum Gasteiger partial charge on any atom is -0.480 e. The Morgan fingerprint density at radius 1 is 1.21 bits per heavy atom. The summed E-state index contributed by atoms with van der Waals surface area (Å²) in [6.45, 7) is 4.91. The number of amides is 1. The molecule has 9 heteroatoms. The number of carboxylic acid groups (broad SMARTS) is 1. The number of carboxylic acids is 1. The van der Waals surface area contributed by atoms with Crippen molar-refractivity contribution in [2.75, 3.05) is 5.75 Å². The lowest BCUT2D eigenvalue weighted by atomic mass is 10.2. The summed E-state index contributed by atoms with van der Waals surface area (Å²) >= 11 is 1.02. The summed E-state index contributed by atoms with van der Waals surface area (Å²) < 4.78 is 42.4. The number of hydrogen-bond acceptors (Lipinski definition) is 4. The molecule has 0 aromatic heterocycles. The van der Waals surface area contributed by atoms with Crippen molar-refractivity contribution in [1.82, 2.24) is 5.32 Å². The predicted octanol–water partition coefficient (Wildman–Crippen LogP) is 3.78. The van der Waals surface area contributed by atoms with Crippen LogP contribution in [0.5, 0.6) is 0 Å². The molecule has 0 spiro atoms. The first kappa shape index (κ1) is 20.1. The summed E-state index contributed by atoms with van der Waals surface area (Å²) in [6, 6.07) is 3.10. The van der Waals surface area contributed by atoms with Crippen LogP contribution in [-0.2, 0) is 15.7 Å². The lowest BCUT2D eigenvalue weighted by Crippen LogP contribution is -2.44. The summed E-state index contributed by atoms with van der Waals surface area (Å²) in [5.41, 5.74) is -1.55. The third kappa shape index (κ3) is 7.12. The van der Waals surface area contributed by atoms with Gasteiger partial charge in [-0.25, -0.2) is 9.59 Å². The molecule has 0 radical (unpaired) electrons. The van der Waals surface area contributed by atoms with Crippen LogP contribution in [-0.4, -0.2) is 34.6 Å². The van der Waals surface area contributed by atoms with Crippen molar-refractivity contribution in [3.05, 3.63) is 29.8 Å². The number of aliphatic carboxylic acids is 1. The molecule has 1 unspecified atom stereocenters. The van der Waals surface area contributed by atoms with Crippen LogP contribution >= 0.6 is 11.8 Å². The van der Waals surface area contributed by atoms with Gasteiger partial charge in [0, 0.05) is 10.6 Å². The SMILES string of the molecule is CC(C)(C)OC(=O)NC(CSc1ccc(C(F)(F)F)cc1)C(=O)O. The number of nitrogens with one attached hydrogen (secondary N) is 1. The number of hydrogen-bond donors (Lipinski definition) is 2. The fourth-order valence-electron chi connectivity index (χ4n) is 1.54. The van der Waals surface area contributed by atoms with E-state index in [0.29, 0.717) is 4.90 Å². The number of rotatable bonds is 5. The van der Waals surface area contributed by atoms with E-state index in [2.05, 4.69) is 5.32 Å². The van der Waals surface area contributed by atoms with Gasteiger partial charge >= 0.3 is 18.2 Å². The van der Waals surface area contributed by atoms with Crippen LogP contribution in [0.2, 0.25) is 0 Å². The average molecular weight is 365 g/mol. The molecule has 1 aromatic carbocycles. The highest BCUT2D eigenvalue weighted by Crippen LogP contribution is 2.30. The average Bonchev–Trinajstić information content (AvgIpc) is 2.40. The van der Waals surface area contributed by atoms with Crippen LogP contribution in [0.4, 0.5) is 18.0 Å². The van der Waals surface area contributed by atoms with E-state index in [9.17, 15) is 22.8 Å². The van der Waals surface area contributed by atoms with E-state index in [-0.39, 0.29) is 5.75 Å². The van der Waals surface area contributed by atoms with Gasteiger partial charge in [-0.05, 0) is 45.0 Å². The summed E-state index contributed by atoms with van der Waals surface area (Å²) in [7, 11) is 0. The molecule has 1 rings (SSSR count). The molecule has 24 heavy (non-hydrogen) atoms. The van der Waals surface area contributed by atoms with E-state index in [1.54, 1.807) is 20.8 Å². The van der Waals surface area contributed by atoms with Crippen molar-refractivity contribution in [2.24, 2.45) is 0 Å². The van der Waals surface area contributed by atoms with Gasteiger partial charge in [-0.15, -0.1) is 11.8 Å². The summed E-state index contributed by atoms with van der Waals surface area (Å²) in [4.78, 5) is 23.2. The molecule has 0 bridgehead atoms. The summed E-state index contributed by atoms with van der Waals surface area (Å²) in [6.07, 6.45) is -5.30. The number of alkyl carbamates (subject to hydrolysis) is 1. The smallest absolute Gasteiger partial charge is 0.416 e. The first-order chi connectivity index (χ1) is 10.9. The second-order valence-corrected chi connectivity index (χ2v) is 6.96. The first-order valence-corrected chi connectivity index (χ1v) is 7.89. The Morgan fingerprint density at radius 3 is 2.17 bits per heavy atom. The zero-order valence-electron chi connectivity index (χ0n) is 13.3. The zero-order chi connectivity index (χ0) is 18.5. The number of thioether (sulfide) groups is 1. The van der Waals surface area contributed by atoms with Crippen molar-refractivity contribution < 1.29 is 32.6 Å². The maximum absolute atomic E-state index is 12.5. The molecule has 0 aliphatic heterocycles. The molecule has 5 nitrogen and oxygen atoms in total. The Hall–Kier alpha value is -1.90. The van der Waals surface area contributed by atoms with Crippen molar-refractivity contribution in [1.29, 1.82) is 0 Å². The largest absolute Gasteiger partial charge is 0.480 e. The number of carbonyl (C=O) groups excluding carboxylic acids is 1. The second kappa shape index (κ2) is 7.78. The highest BCUT2D eigenvalue weighted by Gasteiger charge is 2.30. The van der Waals surface area contributed by atoms with Crippen molar-refractivity contribution >= 4 is 23.8 Å².